The van der Waals surface area contributed by atoms with Crippen LogP contribution in [0.5, 0.6) is 11.5 Å². The molecule has 1 unspecified atom stereocenters. The van der Waals surface area contributed by atoms with Gasteiger partial charge in [0.1, 0.15) is 5.84 Å². The lowest BCUT2D eigenvalue weighted by molar-refractivity contribution is 0.174. The van der Waals surface area contributed by atoms with Gasteiger partial charge in [0.25, 0.3) is 0 Å². The minimum atomic E-state index is -3.59. The van der Waals surface area contributed by atoms with E-state index in [1.165, 1.54) is 19.8 Å². The molecule has 1 N–H and O–H groups in total. The van der Waals surface area contributed by atoms with Gasteiger partial charge < -0.3 is 19.5 Å². The molecule has 1 aromatic rings. The van der Waals surface area contributed by atoms with E-state index in [1.807, 2.05) is 12.1 Å². The van der Waals surface area contributed by atoms with Crippen LogP contribution in [0.4, 0.5) is 0 Å². The van der Waals surface area contributed by atoms with Gasteiger partial charge in [0.15, 0.2) is 11.5 Å². The fraction of sp³-hybridized carbons (Fsp3) is 0.571. The molecule has 4 rings (SSSR count). The second-order valence-corrected chi connectivity index (χ2v) is 10.7. The zero-order valence-corrected chi connectivity index (χ0v) is 20.2. The smallest absolute Gasteiger partial charge is 0.454 e. The number of hydrogen-bond donors (Lipinski definition) is 1. The molecule has 0 aromatic heterocycles. The van der Waals surface area contributed by atoms with Crippen LogP contribution in [0.3, 0.4) is 0 Å². The summed E-state index contributed by atoms with van der Waals surface area (Å²) < 4.78 is 39.5. The van der Waals surface area contributed by atoms with Gasteiger partial charge in [-0.1, -0.05) is 27.6 Å². The van der Waals surface area contributed by atoms with Crippen molar-refractivity contribution in [1.82, 2.24) is 4.90 Å². The van der Waals surface area contributed by atoms with Crippen LogP contribution in [0.2, 0.25) is 0 Å². The monoisotopic (exact) mass is 514 g/mol. The molecule has 1 aliphatic carbocycles. The lowest BCUT2D eigenvalue weighted by atomic mass is 9.94. The van der Waals surface area contributed by atoms with Crippen LogP contribution in [0.1, 0.15) is 37.7 Å². The van der Waals surface area contributed by atoms with E-state index in [-0.39, 0.29) is 19.4 Å². The van der Waals surface area contributed by atoms with Gasteiger partial charge in [0.2, 0.25) is 6.79 Å². The predicted octanol–water partition coefficient (Wildman–Crippen LogP) is 4.66. The number of fused-ring (bicyclic) bond motifs is 1. The lowest BCUT2D eigenvalue weighted by Gasteiger charge is -2.38. The van der Waals surface area contributed by atoms with Crippen molar-refractivity contribution >= 4 is 29.5 Å². The van der Waals surface area contributed by atoms with E-state index in [9.17, 15) is 9.67 Å². The van der Waals surface area contributed by atoms with E-state index in [0.717, 1.165) is 40.8 Å². The third kappa shape index (κ3) is 5.17. The molecule has 2 aliphatic heterocycles. The normalized spacial score (nSPS) is 22.2. The van der Waals surface area contributed by atoms with Gasteiger partial charge in [-0.05, 0) is 49.3 Å². The second-order valence-electron chi connectivity index (χ2n) is 7.93. The van der Waals surface area contributed by atoms with Crippen molar-refractivity contribution in [1.29, 1.82) is 0 Å². The average Bonchev–Trinajstić information content (AvgIpc) is 3.52. The topological polar surface area (TPSA) is 89.8 Å². The number of amidine groups is 1. The summed E-state index contributed by atoms with van der Waals surface area (Å²) in [4.78, 5) is 2.20. The van der Waals surface area contributed by atoms with Crippen molar-refractivity contribution in [3.63, 3.8) is 0 Å². The zero-order chi connectivity index (χ0) is 22.0. The Kier molecular flexibility index (Phi) is 7.08. The Labute approximate surface area is 190 Å². The molecular weight excluding hydrogens is 487 g/mol. The number of ether oxygens (including phenoxy) is 2. The van der Waals surface area contributed by atoms with Crippen LogP contribution in [0.25, 0.3) is 0 Å². The maximum atomic E-state index is 12.9. The summed E-state index contributed by atoms with van der Waals surface area (Å²) in [6.45, 7) is 0.920. The van der Waals surface area contributed by atoms with E-state index in [2.05, 4.69) is 31.7 Å². The Morgan fingerprint density at radius 2 is 1.97 bits per heavy atom. The lowest BCUT2D eigenvalue weighted by Crippen LogP contribution is -2.43. The molecule has 0 radical (unpaired) electrons. The van der Waals surface area contributed by atoms with Crippen LogP contribution >= 0.6 is 23.7 Å². The average molecular weight is 515 g/mol. The Hall–Kier alpha value is -1.38. The molecule has 170 valence electrons. The SMILES string of the molecule is COP(=O)(/N=C1/CC(CCCO)=CC(C2CC2)N1Cc1cc2c(cc1Br)OCO2)OC. The maximum Gasteiger partial charge on any atom is 0.454 e. The fourth-order valence-corrected chi connectivity index (χ4v) is 5.25. The molecule has 0 bridgehead atoms. The largest absolute Gasteiger partial charge is 0.454 e. The molecule has 1 aromatic carbocycles. The van der Waals surface area contributed by atoms with E-state index in [4.69, 9.17) is 18.5 Å². The van der Waals surface area contributed by atoms with Gasteiger partial charge in [-0.25, -0.2) is 4.57 Å². The third-order valence-corrected chi connectivity index (χ3v) is 7.96. The fourth-order valence-electron chi connectivity index (χ4n) is 4.02. The first-order valence-corrected chi connectivity index (χ1v) is 12.7. The van der Waals surface area contributed by atoms with E-state index in [1.54, 1.807) is 0 Å². The molecular formula is C21H28BrN2O6P. The van der Waals surface area contributed by atoms with Gasteiger partial charge in [0, 0.05) is 38.3 Å². The summed E-state index contributed by atoms with van der Waals surface area (Å²) in [5.74, 6) is 2.64. The molecule has 0 saturated heterocycles. The molecule has 10 heteroatoms. The number of aliphatic hydroxyl groups excluding tert-OH is 1. The molecule has 0 amide bonds. The Balaban J connectivity index is 1.71. The van der Waals surface area contributed by atoms with E-state index < -0.39 is 7.75 Å². The first kappa shape index (κ1) is 22.8. The van der Waals surface area contributed by atoms with Gasteiger partial charge in [-0.15, -0.1) is 0 Å². The second kappa shape index (κ2) is 9.63. The number of rotatable bonds is 9. The van der Waals surface area contributed by atoms with Crippen LogP contribution in [-0.2, 0) is 20.2 Å². The molecule has 1 fully saturated rings. The Bertz CT molecular complexity index is 925. The Morgan fingerprint density at radius 3 is 2.61 bits per heavy atom. The summed E-state index contributed by atoms with van der Waals surface area (Å²) in [6, 6.07) is 4.04. The standard InChI is InChI=1S/C21H28BrN2O6P/c1-27-31(26,28-2)23-21-9-14(4-3-7-25)8-18(15-5-6-15)24(21)12-16-10-19-20(11-17(16)22)30-13-29-19/h8,10-11,15,18,25H,3-7,9,12-13H2,1-2H3/b23-21-. The first-order valence-electron chi connectivity index (χ1n) is 10.4. The summed E-state index contributed by atoms with van der Waals surface area (Å²) in [6.07, 6.45) is 6.61. The van der Waals surface area contributed by atoms with Crippen LogP contribution in [0.15, 0.2) is 33.0 Å². The molecule has 31 heavy (non-hydrogen) atoms. The van der Waals surface area contributed by atoms with E-state index >= 15 is 0 Å². The molecule has 8 nitrogen and oxygen atoms in total. The molecule has 1 saturated carbocycles. The van der Waals surface area contributed by atoms with Crippen molar-refractivity contribution < 1.29 is 28.2 Å². The molecule has 3 aliphatic rings. The predicted molar refractivity (Wildman–Crippen MR) is 120 cm³/mol. The quantitative estimate of drug-likeness (QED) is 0.378. The van der Waals surface area contributed by atoms with Crippen molar-refractivity contribution in [3.05, 3.63) is 33.8 Å². The van der Waals surface area contributed by atoms with Gasteiger partial charge in [-0.2, -0.15) is 4.76 Å². The van der Waals surface area contributed by atoms with Gasteiger partial charge >= 0.3 is 7.75 Å². The number of halogens is 1. The van der Waals surface area contributed by atoms with Crippen LogP contribution in [0, 0.1) is 5.92 Å². The highest BCUT2D eigenvalue weighted by Gasteiger charge is 2.39. The van der Waals surface area contributed by atoms with Gasteiger partial charge in [-0.3, -0.25) is 9.05 Å². The first-order chi connectivity index (χ1) is 15.0. The van der Waals surface area contributed by atoms with Crippen molar-refractivity contribution in [2.75, 3.05) is 27.6 Å². The van der Waals surface area contributed by atoms with Crippen LogP contribution < -0.4 is 9.47 Å². The van der Waals surface area contributed by atoms with Crippen molar-refractivity contribution in [2.24, 2.45) is 10.7 Å². The summed E-state index contributed by atoms with van der Waals surface area (Å²) in [7, 11) is -0.904. The maximum absolute atomic E-state index is 12.9. The molecule has 2 heterocycles. The number of benzene rings is 1. The van der Waals surface area contributed by atoms with Crippen molar-refractivity contribution in [3.8, 4) is 11.5 Å². The zero-order valence-electron chi connectivity index (χ0n) is 17.8. The highest BCUT2D eigenvalue weighted by molar-refractivity contribution is 9.10. The highest BCUT2D eigenvalue weighted by Crippen LogP contribution is 2.50. The third-order valence-electron chi connectivity index (χ3n) is 5.83. The van der Waals surface area contributed by atoms with E-state index in [0.29, 0.717) is 31.1 Å². The summed E-state index contributed by atoms with van der Waals surface area (Å²) in [5.41, 5.74) is 2.23. The van der Waals surface area contributed by atoms with Crippen molar-refractivity contribution in [2.45, 2.75) is 44.7 Å². The minimum absolute atomic E-state index is 0.139. The Morgan fingerprint density at radius 1 is 1.26 bits per heavy atom. The number of aliphatic hydroxyl groups is 1. The molecule has 0 spiro atoms. The van der Waals surface area contributed by atoms with Crippen LogP contribution in [-0.4, -0.2) is 49.5 Å². The highest BCUT2D eigenvalue weighted by atomic mass is 79.9. The minimum Gasteiger partial charge on any atom is -0.454 e. The summed E-state index contributed by atoms with van der Waals surface area (Å²) in [5, 5.41) is 9.29. The molecule has 1 atom stereocenters. The van der Waals surface area contributed by atoms with Gasteiger partial charge in [0.05, 0.1) is 6.04 Å². The summed E-state index contributed by atoms with van der Waals surface area (Å²) >= 11 is 3.65. The number of hydrogen-bond acceptors (Lipinski definition) is 6. The number of nitrogens with zero attached hydrogens (tertiary/aromatic N) is 2.